The van der Waals surface area contributed by atoms with Crippen molar-refractivity contribution in [2.45, 2.75) is 19.0 Å². The summed E-state index contributed by atoms with van der Waals surface area (Å²) in [5, 5.41) is 3.11. The van der Waals surface area contributed by atoms with Crippen LogP contribution >= 0.6 is 22.9 Å². The van der Waals surface area contributed by atoms with E-state index in [-0.39, 0.29) is 11.9 Å². The summed E-state index contributed by atoms with van der Waals surface area (Å²) in [5.41, 5.74) is 1.06. The molecule has 1 aliphatic rings. The predicted octanol–water partition coefficient (Wildman–Crippen LogP) is 3.47. The van der Waals surface area contributed by atoms with Crippen molar-refractivity contribution in [2.75, 3.05) is 20.2 Å². The van der Waals surface area contributed by atoms with Crippen LogP contribution in [0.2, 0.25) is 4.34 Å². The molecular formula is C17H19ClN2O2S. The molecule has 23 heavy (non-hydrogen) atoms. The van der Waals surface area contributed by atoms with E-state index in [0.717, 1.165) is 33.5 Å². The second kappa shape index (κ2) is 7.34. The minimum atomic E-state index is 0.0249. The second-order valence-corrected chi connectivity index (χ2v) is 7.47. The van der Waals surface area contributed by atoms with Crippen molar-refractivity contribution in [1.29, 1.82) is 0 Å². The average Bonchev–Trinajstić information content (AvgIpc) is 2.92. The summed E-state index contributed by atoms with van der Waals surface area (Å²) in [7, 11) is 1.94. The third kappa shape index (κ3) is 4.25. The fourth-order valence-electron chi connectivity index (χ4n) is 2.74. The highest BCUT2D eigenvalue weighted by Gasteiger charge is 2.22. The molecule has 0 radical (unpaired) electrons. The summed E-state index contributed by atoms with van der Waals surface area (Å²) >= 11 is 7.48. The van der Waals surface area contributed by atoms with Crippen LogP contribution in [0.4, 0.5) is 0 Å². The van der Waals surface area contributed by atoms with Crippen molar-refractivity contribution in [2.24, 2.45) is 0 Å². The Bertz CT molecular complexity index is 689. The molecule has 1 unspecified atom stereocenters. The molecule has 0 spiro atoms. The lowest BCUT2D eigenvalue weighted by molar-refractivity contribution is -0.123. The number of fused-ring (bicyclic) bond motifs is 1. The highest BCUT2D eigenvalue weighted by Crippen LogP contribution is 2.31. The van der Waals surface area contributed by atoms with Crippen molar-refractivity contribution in [3.63, 3.8) is 0 Å². The van der Waals surface area contributed by atoms with E-state index in [4.69, 9.17) is 16.3 Å². The first-order valence-corrected chi connectivity index (χ1v) is 8.75. The molecule has 1 aromatic heterocycles. The third-order valence-electron chi connectivity index (χ3n) is 3.76. The molecule has 1 atom stereocenters. The van der Waals surface area contributed by atoms with Gasteiger partial charge in [0.25, 0.3) is 0 Å². The van der Waals surface area contributed by atoms with E-state index in [1.807, 2.05) is 48.3 Å². The monoisotopic (exact) mass is 350 g/mol. The SMILES string of the molecule is CN(CC(=O)NC1CCOc2ccccc21)Cc1ccc(Cl)s1. The first-order chi connectivity index (χ1) is 11.1. The molecule has 2 heterocycles. The van der Waals surface area contributed by atoms with Crippen LogP contribution in [0.1, 0.15) is 22.9 Å². The summed E-state index contributed by atoms with van der Waals surface area (Å²) in [4.78, 5) is 15.5. The van der Waals surface area contributed by atoms with Crippen LogP contribution in [0, 0.1) is 0 Å². The predicted molar refractivity (Wildman–Crippen MR) is 93.1 cm³/mol. The lowest BCUT2D eigenvalue weighted by Crippen LogP contribution is -2.38. The van der Waals surface area contributed by atoms with Gasteiger partial charge in [-0.1, -0.05) is 29.8 Å². The quantitative estimate of drug-likeness (QED) is 0.897. The zero-order chi connectivity index (χ0) is 16.2. The summed E-state index contributed by atoms with van der Waals surface area (Å²) < 4.78 is 6.40. The number of benzene rings is 1. The van der Waals surface area contributed by atoms with Crippen molar-refractivity contribution in [3.8, 4) is 5.75 Å². The molecule has 0 aliphatic carbocycles. The molecule has 0 bridgehead atoms. The number of hydrogen-bond donors (Lipinski definition) is 1. The van der Waals surface area contributed by atoms with E-state index in [0.29, 0.717) is 13.2 Å². The van der Waals surface area contributed by atoms with Crippen molar-refractivity contribution in [1.82, 2.24) is 10.2 Å². The molecule has 0 fully saturated rings. The van der Waals surface area contributed by atoms with Crippen LogP contribution < -0.4 is 10.1 Å². The van der Waals surface area contributed by atoms with Crippen LogP contribution in [-0.2, 0) is 11.3 Å². The van der Waals surface area contributed by atoms with Crippen LogP contribution in [-0.4, -0.2) is 31.0 Å². The topological polar surface area (TPSA) is 41.6 Å². The lowest BCUT2D eigenvalue weighted by atomic mass is 10.0. The van der Waals surface area contributed by atoms with Gasteiger partial charge in [-0.2, -0.15) is 0 Å². The molecule has 1 aliphatic heterocycles. The summed E-state index contributed by atoms with van der Waals surface area (Å²) in [6, 6.07) is 11.8. The number of likely N-dealkylation sites (N-methyl/N-ethyl adjacent to an activating group) is 1. The Kier molecular flexibility index (Phi) is 5.20. The van der Waals surface area contributed by atoms with Crippen molar-refractivity contribution >= 4 is 28.8 Å². The van der Waals surface area contributed by atoms with Gasteiger partial charge in [-0.25, -0.2) is 0 Å². The number of ether oxygens (including phenoxy) is 1. The Labute approximate surface area is 145 Å². The van der Waals surface area contributed by atoms with Crippen LogP contribution in [0.15, 0.2) is 36.4 Å². The fourth-order valence-corrected chi connectivity index (χ4v) is 3.90. The van der Waals surface area contributed by atoms with Gasteiger partial charge in [0.15, 0.2) is 0 Å². The molecule has 1 N–H and O–H groups in total. The number of nitrogens with zero attached hydrogens (tertiary/aromatic N) is 1. The lowest BCUT2D eigenvalue weighted by Gasteiger charge is -2.27. The maximum atomic E-state index is 12.3. The second-order valence-electron chi connectivity index (χ2n) is 5.67. The van der Waals surface area contributed by atoms with E-state index in [9.17, 15) is 4.79 Å². The number of halogens is 1. The van der Waals surface area contributed by atoms with Crippen LogP contribution in [0.25, 0.3) is 0 Å². The first-order valence-electron chi connectivity index (χ1n) is 7.55. The number of amides is 1. The van der Waals surface area contributed by atoms with Gasteiger partial charge in [-0.05, 0) is 25.2 Å². The molecule has 4 nitrogen and oxygen atoms in total. The normalized spacial score (nSPS) is 16.7. The Balaban J connectivity index is 1.55. The van der Waals surface area contributed by atoms with Gasteiger partial charge in [0.2, 0.25) is 5.91 Å². The molecule has 6 heteroatoms. The van der Waals surface area contributed by atoms with E-state index < -0.39 is 0 Å². The van der Waals surface area contributed by atoms with Gasteiger partial charge in [-0.3, -0.25) is 9.69 Å². The Hall–Kier alpha value is -1.56. The zero-order valence-corrected chi connectivity index (χ0v) is 14.5. The number of thiophene rings is 1. The molecule has 3 rings (SSSR count). The van der Waals surface area contributed by atoms with Gasteiger partial charge in [0.05, 0.1) is 23.5 Å². The molecule has 0 saturated heterocycles. The third-order valence-corrected chi connectivity index (χ3v) is 4.98. The molecule has 1 aromatic carbocycles. The van der Waals surface area contributed by atoms with Gasteiger partial charge in [0.1, 0.15) is 5.75 Å². The Morgan fingerprint density at radius 2 is 2.22 bits per heavy atom. The fraction of sp³-hybridized carbons (Fsp3) is 0.353. The van der Waals surface area contributed by atoms with E-state index in [2.05, 4.69) is 5.32 Å². The molecule has 122 valence electrons. The molecule has 0 saturated carbocycles. The smallest absolute Gasteiger partial charge is 0.234 e. The summed E-state index contributed by atoms with van der Waals surface area (Å²) in [6.45, 7) is 1.70. The maximum absolute atomic E-state index is 12.3. The first kappa shape index (κ1) is 16.3. The number of carbonyl (C=O) groups excluding carboxylic acids is 1. The number of nitrogens with one attached hydrogen (secondary N) is 1. The number of rotatable bonds is 5. The van der Waals surface area contributed by atoms with Gasteiger partial charge >= 0.3 is 0 Å². The zero-order valence-electron chi connectivity index (χ0n) is 12.9. The Morgan fingerprint density at radius 3 is 3.00 bits per heavy atom. The highest BCUT2D eigenvalue weighted by molar-refractivity contribution is 7.16. The van der Waals surface area contributed by atoms with Crippen molar-refractivity contribution < 1.29 is 9.53 Å². The Morgan fingerprint density at radius 1 is 1.39 bits per heavy atom. The van der Waals surface area contributed by atoms with Gasteiger partial charge < -0.3 is 10.1 Å². The number of carbonyl (C=O) groups is 1. The number of hydrogen-bond acceptors (Lipinski definition) is 4. The van der Waals surface area contributed by atoms with Crippen LogP contribution in [0.3, 0.4) is 0 Å². The van der Waals surface area contributed by atoms with Gasteiger partial charge in [0, 0.05) is 23.4 Å². The minimum Gasteiger partial charge on any atom is -0.493 e. The summed E-state index contributed by atoms with van der Waals surface area (Å²) in [5.74, 6) is 0.891. The standard InChI is InChI=1S/C17H19ClN2O2S/c1-20(10-12-6-7-16(18)23-12)11-17(21)19-14-8-9-22-15-5-3-2-4-13(14)15/h2-7,14H,8-11H2,1H3,(H,19,21). The average molecular weight is 351 g/mol. The van der Waals surface area contributed by atoms with E-state index >= 15 is 0 Å². The number of para-hydroxylation sites is 1. The van der Waals surface area contributed by atoms with Gasteiger partial charge in [-0.15, -0.1) is 11.3 Å². The maximum Gasteiger partial charge on any atom is 0.234 e. The summed E-state index contributed by atoms with van der Waals surface area (Å²) in [6.07, 6.45) is 0.799. The van der Waals surface area contributed by atoms with E-state index in [1.165, 1.54) is 0 Å². The molecule has 2 aromatic rings. The van der Waals surface area contributed by atoms with Crippen LogP contribution in [0.5, 0.6) is 5.75 Å². The highest BCUT2D eigenvalue weighted by atomic mass is 35.5. The van der Waals surface area contributed by atoms with E-state index in [1.54, 1.807) is 11.3 Å². The van der Waals surface area contributed by atoms with Crippen molar-refractivity contribution in [3.05, 3.63) is 51.2 Å². The molecular weight excluding hydrogens is 332 g/mol. The molecule has 1 amide bonds. The largest absolute Gasteiger partial charge is 0.493 e. The minimum absolute atomic E-state index is 0.0249.